The van der Waals surface area contributed by atoms with Gasteiger partial charge in [0.25, 0.3) is 5.91 Å². The fraction of sp³-hybridized carbons (Fsp3) is 0.556. The molecule has 2 aliphatic rings. The Morgan fingerprint density at radius 3 is 2.77 bits per heavy atom. The van der Waals surface area contributed by atoms with E-state index in [-0.39, 0.29) is 23.8 Å². The van der Waals surface area contributed by atoms with Crippen LogP contribution in [-0.2, 0) is 4.74 Å². The lowest BCUT2D eigenvalue weighted by Gasteiger charge is -2.43. The third-order valence-corrected chi connectivity index (χ3v) is 4.86. The second kappa shape index (κ2) is 6.21. The average Bonchev–Trinajstić information content (AvgIpc) is 2.54. The summed E-state index contributed by atoms with van der Waals surface area (Å²) in [5, 5.41) is 0. The molecular weight excluding hydrogens is 278 g/mol. The van der Waals surface area contributed by atoms with Crippen LogP contribution >= 0.6 is 0 Å². The molecule has 0 aromatic heterocycles. The van der Waals surface area contributed by atoms with Gasteiger partial charge in [0.05, 0.1) is 18.8 Å². The molecule has 1 saturated carbocycles. The summed E-state index contributed by atoms with van der Waals surface area (Å²) in [4.78, 5) is 26.6. The van der Waals surface area contributed by atoms with Gasteiger partial charge in [-0.1, -0.05) is 18.9 Å². The maximum Gasteiger partial charge on any atom is 0.254 e. The largest absolute Gasteiger partial charge is 0.374 e. The van der Waals surface area contributed by atoms with E-state index in [9.17, 15) is 9.59 Å². The minimum atomic E-state index is 0.00432. The van der Waals surface area contributed by atoms with Crippen molar-refractivity contribution < 1.29 is 14.3 Å². The summed E-state index contributed by atoms with van der Waals surface area (Å²) in [6.07, 6.45) is 4.58. The van der Waals surface area contributed by atoms with Crippen molar-refractivity contribution in [1.82, 2.24) is 4.90 Å². The highest BCUT2D eigenvalue weighted by molar-refractivity contribution is 6.00. The first-order valence-electron chi connectivity index (χ1n) is 8.12. The van der Waals surface area contributed by atoms with E-state index in [1.165, 1.54) is 6.42 Å². The number of carbonyl (C=O) groups excluding carboxylic acids is 2. The van der Waals surface area contributed by atoms with Gasteiger partial charge in [0.2, 0.25) is 0 Å². The number of ketones is 1. The monoisotopic (exact) mass is 301 g/mol. The Kier molecular flexibility index (Phi) is 4.30. The van der Waals surface area contributed by atoms with Gasteiger partial charge >= 0.3 is 0 Å². The molecule has 0 radical (unpaired) electrons. The third kappa shape index (κ3) is 2.80. The lowest BCUT2D eigenvalue weighted by molar-refractivity contribution is -0.0752. The molecular formula is C18H23NO3. The molecule has 1 aliphatic carbocycles. The molecule has 4 nitrogen and oxygen atoms in total. The first-order chi connectivity index (χ1) is 10.6. The highest BCUT2D eigenvalue weighted by Gasteiger charge is 2.37. The average molecular weight is 301 g/mol. The molecule has 3 rings (SSSR count). The van der Waals surface area contributed by atoms with E-state index < -0.39 is 0 Å². The van der Waals surface area contributed by atoms with Gasteiger partial charge in [0.1, 0.15) is 0 Å². The summed E-state index contributed by atoms with van der Waals surface area (Å²) in [5.41, 5.74) is 2.17. The third-order valence-electron chi connectivity index (χ3n) is 4.86. The summed E-state index contributed by atoms with van der Waals surface area (Å²) >= 11 is 0. The first-order valence-corrected chi connectivity index (χ1v) is 8.12. The van der Waals surface area contributed by atoms with Crippen LogP contribution in [-0.4, -0.2) is 41.9 Å². The Morgan fingerprint density at radius 2 is 2.00 bits per heavy atom. The maximum atomic E-state index is 12.9. The van der Waals surface area contributed by atoms with Gasteiger partial charge in [0, 0.05) is 17.7 Å². The van der Waals surface area contributed by atoms with Crippen molar-refractivity contribution in [2.24, 2.45) is 0 Å². The molecule has 0 N–H and O–H groups in total. The number of hydrogen-bond acceptors (Lipinski definition) is 3. The smallest absolute Gasteiger partial charge is 0.254 e. The number of aryl methyl sites for hydroxylation is 1. The Labute approximate surface area is 131 Å². The van der Waals surface area contributed by atoms with E-state index in [2.05, 4.69) is 0 Å². The van der Waals surface area contributed by atoms with Crippen LogP contribution in [0.1, 0.15) is 58.9 Å². The molecule has 22 heavy (non-hydrogen) atoms. The lowest BCUT2D eigenvalue weighted by Crippen LogP contribution is -2.54. The molecule has 0 spiro atoms. The lowest BCUT2D eigenvalue weighted by atomic mass is 9.89. The number of ether oxygens (including phenoxy) is 1. The van der Waals surface area contributed by atoms with Gasteiger partial charge in [-0.15, -0.1) is 0 Å². The highest BCUT2D eigenvalue weighted by atomic mass is 16.5. The van der Waals surface area contributed by atoms with Crippen LogP contribution in [0.5, 0.6) is 0 Å². The molecule has 118 valence electrons. The normalized spacial score (nSPS) is 24.7. The number of carbonyl (C=O) groups is 2. The quantitative estimate of drug-likeness (QED) is 0.789. The Morgan fingerprint density at radius 1 is 1.23 bits per heavy atom. The molecule has 0 unspecified atom stereocenters. The molecule has 1 aliphatic heterocycles. The number of Topliss-reactive ketones (excluding diaryl/α,β-unsaturated/α-hetero) is 1. The van der Waals surface area contributed by atoms with E-state index in [1.54, 1.807) is 13.0 Å². The predicted octanol–water partition coefficient (Wildman–Crippen LogP) is 2.98. The van der Waals surface area contributed by atoms with Gasteiger partial charge in [-0.2, -0.15) is 0 Å². The molecule has 1 amide bonds. The number of hydrogen-bond donors (Lipinski definition) is 0. The fourth-order valence-corrected chi connectivity index (χ4v) is 3.65. The molecule has 1 saturated heterocycles. The zero-order valence-corrected chi connectivity index (χ0v) is 13.3. The van der Waals surface area contributed by atoms with Gasteiger partial charge in [-0.25, -0.2) is 0 Å². The Bertz CT molecular complexity index is 594. The van der Waals surface area contributed by atoms with Gasteiger partial charge in [-0.05, 0) is 44.4 Å². The van der Waals surface area contributed by atoms with Gasteiger partial charge in [0.15, 0.2) is 5.78 Å². The number of benzene rings is 1. The highest BCUT2D eigenvalue weighted by Crippen LogP contribution is 2.29. The number of nitrogens with zero attached hydrogens (tertiary/aromatic N) is 1. The molecule has 2 fully saturated rings. The maximum absolute atomic E-state index is 12.9. The van der Waals surface area contributed by atoms with Crippen molar-refractivity contribution in [1.29, 1.82) is 0 Å². The van der Waals surface area contributed by atoms with Crippen LogP contribution in [0.25, 0.3) is 0 Å². The fourth-order valence-electron chi connectivity index (χ4n) is 3.65. The van der Waals surface area contributed by atoms with E-state index in [0.29, 0.717) is 24.3 Å². The first kappa shape index (κ1) is 15.2. The molecule has 1 aromatic carbocycles. The summed E-state index contributed by atoms with van der Waals surface area (Å²) < 4.78 is 5.83. The summed E-state index contributed by atoms with van der Waals surface area (Å²) in [5.74, 6) is 0.0346. The van der Waals surface area contributed by atoms with Gasteiger partial charge < -0.3 is 9.64 Å². The SMILES string of the molecule is CC(=O)c1cc(C(=O)N2CCO[C@@H]3CCCC[C@@H]32)ccc1C. The number of amides is 1. The summed E-state index contributed by atoms with van der Waals surface area (Å²) in [7, 11) is 0. The van der Waals surface area contributed by atoms with Crippen molar-refractivity contribution in [3.63, 3.8) is 0 Å². The van der Waals surface area contributed by atoms with Crippen molar-refractivity contribution in [2.75, 3.05) is 13.2 Å². The molecule has 1 heterocycles. The van der Waals surface area contributed by atoms with Crippen LogP contribution in [0.4, 0.5) is 0 Å². The number of rotatable bonds is 2. The molecule has 1 aromatic rings. The Balaban J connectivity index is 1.86. The molecule has 0 bridgehead atoms. The topological polar surface area (TPSA) is 46.6 Å². The zero-order valence-electron chi connectivity index (χ0n) is 13.3. The van der Waals surface area contributed by atoms with Crippen molar-refractivity contribution in [3.05, 3.63) is 34.9 Å². The number of morpholine rings is 1. The van der Waals surface area contributed by atoms with E-state index in [4.69, 9.17) is 4.74 Å². The summed E-state index contributed by atoms with van der Waals surface area (Å²) in [6, 6.07) is 5.63. The van der Waals surface area contributed by atoms with E-state index >= 15 is 0 Å². The molecule has 4 heteroatoms. The van der Waals surface area contributed by atoms with Gasteiger partial charge in [-0.3, -0.25) is 9.59 Å². The van der Waals surface area contributed by atoms with Crippen LogP contribution in [0.15, 0.2) is 18.2 Å². The molecule has 2 atom stereocenters. The minimum absolute atomic E-state index is 0.00432. The second-order valence-corrected chi connectivity index (χ2v) is 6.35. The van der Waals surface area contributed by atoms with Crippen molar-refractivity contribution in [3.8, 4) is 0 Å². The van der Waals surface area contributed by atoms with Crippen LogP contribution in [0, 0.1) is 6.92 Å². The zero-order chi connectivity index (χ0) is 15.7. The standard InChI is InChI=1S/C18H23NO3/c1-12-7-8-14(11-15(12)13(2)20)18(21)19-9-10-22-17-6-4-3-5-16(17)19/h7-8,11,16-17H,3-6,9-10H2,1-2H3/t16-,17+/m0/s1. The predicted molar refractivity (Wildman–Crippen MR) is 84.2 cm³/mol. The van der Waals surface area contributed by atoms with Crippen LogP contribution in [0.2, 0.25) is 0 Å². The Hall–Kier alpha value is -1.68. The second-order valence-electron chi connectivity index (χ2n) is 6.35. The van der Waals surface area contributed by atoms with Crippen LogP contribution in [0.3, 0.4) is 0 Å². The number of fused-ring (bicyclic) bond motifs is 1. The van der Waals surface area contributed by atoms with Crippen molar-refractivity contribution in [2.45, 2.75) is 51.7 Å². The van der Waals surface area contributed by atoms with Crippen molar-refractivity contribution >= 4 is 11.7 Å². The van der Waals surface area contributed by atoms with E-state index in [0.717, 1.165) is 24.8 Å². The summed E-state index contributed by atoms with van der Waals surface area (Å²) in [6.45, 7) is 4.70. The van der Waals surface area contributed by atoms with E-state index in [1.807, 2.05) is 24.0 Å². The van der Waals surface area contributed by atoms with Crippen LogP contribution < -0.4 is 0 Å². The minimum Gasteiger partial charge on any atom is -0.374 e.